The van der Waals surface area contributed by atoms with Crippen molar-refractivity contribution < 1.29 is 5.11 Å². The van der Waals surface area contributed by atoms with Crippen molar-refractivity contribution in [1.29, 1.82) is 0 Å². The first-order valence-electron chi connectivity index (χ1n) is 7.82. The minimum atomic E-state index is -0.169. The first kappa shape index (κ1) is 14.3. The highest BCUT2D eigenvalue weighted by Gasteiger charge is 2.30. The maximum Gasteiger partial charge on any atom is 0.0553 e. The van der Waals surface area contributed by atoms with Crippen LogP contribution in [0.4, 0.5) is 0 Å². The third-order valence-electron chi connectivity index (χ3n) is 4.70. The first-order valence-corrected chi connectivity index (χ1v) is 7.82. The Morgan fingerprint density at radius 3 is 2.67 bits per heavy atom. The molecule has 3 nitrogen and oxygen atoms in total. The van der Waals surface area contributed by atoms with Crippen molar-refractivity contribution in [1.82, 2.24) is 10.2 Å². The number of rotatable bonds is 6. The average molecular weight is 254 g/mol. The lowest BCUT2D eigenvalue weighted by molar-refractivity contribution is 0.0465. The lowest BCUT2D eigenvalue weighted by Gasteiger charge is -2.40. The number of hydrogen-bond donors (Lipinski definition) is 2. The molecule has 0 aromatic carbocycles. The van der Waals surface area contributed by atoms with Crippen LogP contribution in [0.1, 0.15) is 46.0 Å². The third-order valence-corrected chi connectivity index (χ3v) is 4.70. The topological polar surface area (TPSA) is 35.5 Å². The molecule has 2 N–H and O–H groups in total. The number of aliphatic hydroxyl groups is 1. The summed E-state index contributed by atoms with van der Waals surface area (Å²) < 4.78 is 0. The predicted octanol–water partition coefficient (Wildman–Crippen LogP) is 1.86. The average Bonchev–Trinajstić information content (AvgIpc) is 2.27. The van der Waals surface area contributed by atoms with Gasteiger partial charge in [0, 0.05) is 19.1 Å². The van der Waals surface area contributed by atoms with Crippen LogP contribution in [0, 0.1) is 11.8 Å². The van der Waals surface area contributed by atoms with Crippen molar-refractivity contribution in [3.8, 4) is 0 Å². The van der Waals surface area contributed by atoms with Gasteiger partial charge in [-0.25, -0.2) is 0 Å². The van der Waals surface area contributed by atoms with Gasteiger partial charge in [0.05, 0.1) is 6.10 Å². The van der Waals surface area contributed by atoms with Crippen molar-refractivity contribution >= 4 is 0 Å². The fourth-order valence-corrected chi connectivity index (χ4v) is 3.26. The minimum absolute atomic E-state index is 0.169. The second kappa shape index (κ2) is 6.88. The Balaban J connectivity index is 1.79. The Bertz CT molecular complexity index is 241. The molecule has 0 amide bonds. The summed E-state index contributed by atoms with van der Waals surface area (Å²) in [5, 5.41) is 13.6. The minimum Gasteiger partial charge on any atom is -0.393 e. The van der Waals surface area contributed by atoms with Crippen molar-refractivity contribution in [3.05, 3.63) is 0 Å². The molecular formula is C15H30N2O. The molecule has 0 spiro atoms. The van der Waals surface area contributed by atoms with E-state index in [0.29, 0.717) is 12.0 Å². The molecule has 1 saturated carbocycles. The van der Waals surface area contributed by atoms with Gasteiger partial charge in [0.2, 0.25) is 0 Å². The van der Waals surface area contributed by atoms with Crippen LogP contribution in [0.3, 0.4) is 0 Å². The lowest BCUT2D eigenvalue weighted by atomic mass is 9.84. The number of nitrogens with one attached hydrogen (secondary N) is 1. The summed E-state index contributed by atoms with van der Waals surface area (Å²) >= 11 is 0. The normalized spacial score (nSPS) is 32.2. The summed E-state index contributed by atoms with van der Waals surface area (Å²) in [5.41, 5.74) is 0. The second-order valence-electron chi connectivity index (χ2n) is 6.40. The first-order chi connectivity index (χ1) is 8.69. The van der Waals surface area contributed by atoms with Gasteiger partial charge in [-0.1, -0.05) is 13.3 Å². The van der Waals surface area contributed by atoms with E-state index in [1.165, 1.54) is 45.3 Å². The molecule has 0 radical (unpaired) electrons. The van der Waals surface area contributed by atoms with Gasteiger partial charge < -0.3 is 15.3 Å². The summed E-state index contributed by atoms with van der Waals surface area (Å²) in [6.45, 7) is 8.80. The Morgan fingerprint density at radius 1 is 1.33 bits per heavy atom. The van der Waals surface area contributed by atoms with Crippen LogP contribution >= 0.6 is 0 Å². The largest absolute Gasteiger partial charge is 0.393 e. The quantitative estimate of drug-likeness (QED) is 0.759. The SMILES string of the molecule is CCCN1CC(NCC2CCC2)CC(C(C)O)C1. The lowest BCUT2D eigenvalue weighted by Crippen LogP contribution is -2.52. The summed E-state index contributed by atoms with van der Waals surface area (Å²) in [6.07, 6.45) is 6.44. The Morgan fingerprint density at radius 2 is 2.11 bits per heavy atom. The van der Waals surface area contributed by atoms with Gasteiger partial charge in [-0.3, -0.25) is 0 Å². The molecule has 106 valence electrons. The molecule has 2 fully saturated rings. The van der Waals surface area contributed by atoms with Crippen LogP contribution in [0.25, 0.3) is 0 Å². The predicted molar refractivity (Wildman–Crippen MR) is 75.7 cm³/mol. The van der Waals surface area contributed by atoms with E-state index in [4.69, 9.17) is 0 Å². The van der Waals surface area contributed by atoms with Gasteiger partial charge >= 0.3 is 0 Å². The number of nitrogens with zero attached hydrogens (tertiary/aromatic N) is 1. The molecule has 0 bridgehead atoms. The van der Waals surface area contributed by atoms with Gasteiger partial charge in [-0.2, -0.15) is 0 Å². The molecule has 0 aromatic heterocycles. The van der Waals surface area contributed by atoms with Gasteiger partial charge in [0.15, 0.2) is 0 Å². The van der Waals surface area contributed by atoms with Crippen LogP contribution in [-0.2, 0) is 0 Å². The fraction of sp³-hybridized carbons (Fsp3) is 1.00. The highest BCUT2D eigenvalue weighted by atomic mass is 16.3. The summed E-state index contributed by atoms with van der Waals surface area (Å²) in [7, 11) is 0. The molecule has 1 saturated heterocycles. The Hall–Kier alpha value is -0.120. The van der Waals surface area contributed by atoms with Crippen molar-refractivity contribution in [2.75, 3.05) is 26.2 Å². The molecule has 18 heavy (non-hydrogen) atoms. The molecule has 0 aromatic rings. The molecule has 1 aliphatic carbocycles. The maximum atomic E-state index is 9.86. The molecule has 3 heteroatoms. The van der Waals surface area contributed by atoms with Gasteiger partial charge in [-0.05, 0) is 57.5 Å². The molecular weight excluding hydrogens is 224 g/mol. The fourth-order valence-electron chi connectivity index (χ4n) is 3.26. The van der Waals surface area contributed by atoms with E-state index in [9.17, 15) is 5.11 Å². The highest BCUT2D eigenvalue weighted by molar-refractivity contribution is 4.86. The standard InChI is InChI=1S/C15H30N2O/c1-3-7-17-10-14(12(2)18)8-15(11-17)16-9-13-5-4-6-13/h12-16,18H,3-11H2,1-2H3. The molecule has 3 atom stereocenters. The summed E-state index contributed by atoms with van der Waals surface area (Å²) in [4.78, 5) is 2.53. The van der Waals surface area contributed by atoms with Crippen LogP contribution in [0.15, 0.2) is 0 Å². The van der Waals surface area contributed by atoms with Crippen molar-refractivity contribution in [2.24, 2.45) is 11.8 Å². The van der Waals surface area contributed by atoms with E-state index in [0.717, 1.165) is 18.9 Å². The number of likely N-dealkylation sites (tertiary alicyclic amines) is 1. The number of piperidine rings is 1. The van der Waals surface area contributed by atoms with E-state index in [2.05, 4.69) is 17.1 Å². The molecule has 1 heterocycles. The third kappa shape index (κ3) is 3.94. The smallest absolute Gasteiger partial charge is 0.0553 e. The molecule has 1 aliphatic heterocycles. The zero-order chi connectivity index (χ0) is 13.0. The number of aliphatic hydroxyl groups excluding tert-OH is 1. The Kier molecular flexibility index (Phi) is 5.46. The molecule has 3 unspecified atom stereocenters. The summed E-state index contributed by atoms with van der Waals surface area (Å²) in [6, 6.07) is 0.588. The summed E-state index contributed by atoms with van der Waals surface area (Å²) in [5.74, 6) is 1.38. The van der Waals surface area contributed by atoms with Gasteiger partial charge in [-0.15, -0.1) is 0 Å². The van der Waals surface area contributed by atoms with E-state index in [-0.39, 0.29) is 6.10 Å². The van der Waals surface area contributed by atoms with Crippen LogP contribution in [0.5, 0.6) is 0 Å². The zero-order valence-electron chi connectivity index (χ0n) is 12.1. The van der Waals surface area contributed by atoms with Crippen molar-refractivity contribution in [3.63, 3.8) is 0 Å². The number of hydrogen-bond acceptors (Lipinski definition) is 3. The van der Waals surface area contributed by atoms with E-state index in [1.807, 2.05) is 6.92 Å². The van der Waals surface area contributed by atoms with Crippen molar-refractivity contribution in [2.45, 2.75) is 58.1 Å². The molecule has 2 aliphatic rings. The van der Waals surface area contributed by atoms with Crippen LogP contribution < -0.4 is 5.32 Å². The highest BCUT2D eigenvalue weighted by Crippen LogP contribution is 2.26. The monoisotopic (exact) mass is 254 g/mol. The van der Waals surface area contributed by atoms with E-state index in [1.54, 1.807) is 0 Å². The van der Waals surface area contributed by atoms with Gasteiger partial charge in [0.25, 0.3) is 0 Å². The molecule has 2 rings (SSSR count). The van der Waals surface area contributed by atoms with Crippen LogP contribution in [0.2, 0.25) is 0 Å². The Labute approximate surface area is 112 Å². The van der Waals surface area contributed by atoms with E-state index < -0.39 is 0 Å². The maximum absolute atomic E-state index is 9.86. The second-order valence-corrected chi connectivity index (χ2v) is 6.40. The van der Waals surface area contributed by atoms with Gasteiger partial charge in [0.1, 0.15) is 0 Å². The zero-order valence-corrected chi connectivity index (χ0v) is 12.1. The van der Waals surface area contributed by atoms with Crippen LogP contribution in [-0.4, -0.2) is 48.3 Å². The van der Waals surface area contributed by atoms with E-state index >= 15 is 0 Å².